The van der Waals surface area contributed by atoms with Gasteiger partial charge in [-0.2, -0.15) is 5.10 Å². The fourth-order valence-electron chi connectivity index (χ4n) is 3.15. The second kappa shape index (κ2) is 7.70. The molecule has 27 heavy (non-hydrogen) atoms. The van der Waals surface area contributed by atoms with Crippen LogP contribution in [0.25, 0.3) is 10.8 Å². The molecule has 0 aliphatic rings. The van der Waals surface area contributed by atoms with Crippen LogP contribution in [0.2, 0.25) is 0 Å². The summed E-state index contributed by atoms with van der Waals surface area (Å²) in [7, 11) is 1.75. The first-order valence-corrected chi connectivity index (χ1v) is 9.00. The molecule has 0 radical (unpaired) electrons. The minimum absolute atomic E-state index is 0.0379. The second-order valence-electron chi connectivity index (χ2n) is 6.98. The molecule has 0 aliphatic heterocycles. The Labute approximate surface area is 158 Å². The molecule has 0 aliphatic carbocycles. The number of carbonyl (C=O) groups is 1. The Morgan fingerprint density at radius 3 is 2.59 bits per heavy atom. The molecule has 6 nitrogen and oxygen atoms in total. The Hall–Kier alpha value is -3.02. The fraction of sp³-hybridized carbons (Fsp3) is 0.333. The molecule has 2 heterocycles. The number of carbonyl (C=O) groups excluding carboxylic acids is 1. The quantitative estimate of drug-likeness (QED) is 0.698. The number of hydrogen-bond donors (Lipinski definition) is 0. The summed E-state index contributed by atoms with van der Waals surface area (Å²) in [6, 6.07) is 11.3. The van der Waals surface area contributed by atoms with Crippen LogP contribution in [0.3, 0.4) is 0 Å². The maximum atomic E-state index is 12.7. The molecule has 0 saturated carbocycles. The van der Waals surface area contributed by atoms with Gasteiger partial charge in [0.05, 0.1) is 11.1 Å². The number of fused-ring (bicyclic) bond motifs is 1. The molecule has 0 spiro atoms. The molecular weight excluding hydrogens is 340 g/mol. The Kier molecular flexibility index (Phi) is 5.35. The van der Waals surface area contributed by atoms with E-state index in [1.54, 1.807) is 24.2 Å². The largest absolute Gasteiger partial charge is 0.341 e. The number of rotatable bonds is 5. The predicted molar refractivity (Wildman–Crippen MR) is 106 cm³/mol. The highest BCUT2D eigenvalue weighted by Crippen LogP contribution is 2.12. The van der Waals surface area contributed by atoms with Gasteiger partial charge in [0, 0.05) is 36.8 Å². The van der Waals surface area contributed by atoms with E-state index < -0.39 is 0 Å². The molecule has 0 saturated heterocycles. The van der Waals surface area contributed by atoms with Crippen LogP contribution in [-0.4, -0.2) is 38.7 Å². The number of nitrogens with zero attached hydrogens (tertiary/aromatic N) is 4. The van der Waals surface area contributed by atoms with Crippen LogP contribution in [0.15, 0.2) is 47.4 Å². The number of aryl methyl sites for hydroxylation is 2. The average Bonchev–Trinajstić information content (AvgIpc) is 2.65. The van der Waals surface area contributed by atoms with Crippen molar-refractivity contribution in [1.29, 1.82) is 0 Å². The summed E-state index contributed by atoms with van der Waals surface area (Å²) in [4.78, 5) is 31.4. The SMILES string of the molecule is Cc1ccnc(C[C@@H](C)N(C)C(=O)Cn2nc(C)c3ccccc3c2=O)c1. The summed E-state index contributed by atoms with van der Waals surface area (Å²) in [5, 5.41) is 5.72. The van der Waals surface area contributed by atoms with Crippen molar-refractivity contribution >= 4 is 16.7 Å². The topological polar surface area (TPSA) is 68.1 Å². The van der Waals surface area contributed by atoms with Crippen molar-refractivity contribution < 1.29 is 4.79 Å². The fourth-order valence-corrected chi connectivity index (χ4v) is 3.15. The van der Waals surface area contributed by atoms with E-state index in [-0.39, 0.29) is 24.1 Å². The van der Waals surface area contributed by atoms with Crippen LogP contribution in [0.1, 0.15) is 23.9 Å². The Bertz CT molecular complexity index is 1040. The summed E-state index contributed by atoms with van der Waals surface area (Å²) in [6.45, 7) is 5.76. The molecule has 3 aromatic rings. The Morgan fingerprint density at radius 1 is 1.19 bits per heavy atom. The van der Waals surface area contributed by atoms with Gasteiger partial charge in [-0.3, -0.25) is 14.6 Å². The van der Waals surface area contributed by atoms with Crippen LogP contribution >= 0.6 is 0 Å². The molecule has 1 amide bonds. The van der Waals surface area contributed by atoms with Crippen LogP contribution in [0.4, 0.5) is 0 Å². The number of hydrogen-bond acceptors (Lipinski definition) is 4. The van der Waals surface area contributed by atoms with Crippen LogP contribution in [-0.2, 0) is 17.8 Å². The van der Waals surface area contributed by atoms with Crippen molar-refractivity contribution in [3.8, 4) is 0 Å². The minimum atomic E-state index is -0.244. The van der Waals surface area contributed by atoms with Gasteiger partial charge >= 0.3 is 0 Å². The summed E-state index contributed by atoms with van der Waals surface area (Å²) < 4.78 is 1.26. The first-order valence-electron chi connectivity index (χ1n) is 9.00. The van der Waals surface area contributed by atoms with Gasteiger partial charge < -0.3 is 4.90 Å². The molecule has 1 atom stereocenters. The molecule has 3 rings (SSSR count). The van der Waals surface area contributed by atoms with E-state index in [1.165, 1.54) is 4.68 Å². The molecule has 140 valence electrons. The summed E-state index contributed by atoms with van der Waals surface area (Å²) in [5.74, 6) is -0.153. The summed E-state index contributed by atoms with van der Waals surface area (Å²) in [5.41, 5.74) is 2.58. The third-order valence-electron chi connectivity index (χ3n) is 4.87. The van der Waals surface area contributed by atoms with E-state index >= 15 is 0 Å². The first kappa shape index (κ1) is 18.8. The molecule has 2 aromatic heterocycles. The summed E-state index contributed by atoms with van der Waals surface area (Å²) in [6.07, 6.45) is 2.43. The zero-order valence-corrected chi connectivity index (χ0v) is 16.1. The van der Waals surface area contributed by atoms with Crippen molar-refractivity contribution in [2.75, 3.05) is 7.05 Å². The molecule has 6 heteroatoms. The lowest BCUT2D eigenvalue weighted by Gasteiger charge is -2.25. The van der Waals surface area contributed by atoms with Crippen molar-refractivity contribution in [3.05, 3.63) is 69.9 Å². The van der Waals surface area contributed by atoms with E-state index in [1.807, 2.05) is 51.1 Å². The van der Waals surface area contributed by atoms with E-state index in [2.05, 4.69) is 10.1 Å². The first-order chi connectivity index (χ1) is 12.9. The molecule has 0 bridgehead atoms. The highest BCUT2D eigenvalue weighted by molar-refractivity contribution is 5.83. The zero-order valence-electron chi connectivity index (χ0n) is 16.1. The lowest BCUT2D eigenvalue weighted by atomic mass is 10.1. The van der Waals surface area contributed by atoms with Crippen molar-refractivity contribution in [3.63, 3.8) is 0 Å². The number of pyridine rings is 1. The third-order valence-corrected chi connectivity index (χ3v) is 4.87. The number of aromatic nitrogens is 3. The molecule has 1 aromatic carbocycles. The Morgan fingerprint density at radius 2 is 1.89 bits per heavy atom. The van der Waals surface area contributed by atoms with Crippen molar-refractivity contribution in [2.24, 2.45) is 0 Å². The van der Waals surface area contributed by atoms with Gasteiger partial charge in [-0.1, -0.05) is 18.2 Å². The lowest BCUT2D eigenvalue weighted by Crippen LogP contribution is -2.41. The standard InChI is InChI=1S/C21H24N4O2/c1-14-9-10-22-17(11-14)12-15(2)24(4)20(26)13-25-21(27)19-8-6-5-7-18(19)16(3)23-25/h5-11,15H,12-13H2,1-4H3/t15-/m1/s1. The van der Waals surface area contributed by atoms with E-state index in [4.69, 9.17) is 0 Å². The van der Waals surface area contributed by atoms with E-state index in [0.717, 1.165) is 22.3 Å². The van der Waals surface area contributed by atoms with E-state index in [0.29, 0.717) is 11.8 Å². The van der Waals surface area contributed by atoms with Gasteiger partial charge in [0.15, 0.2) is 0 Å². The predicted octanol–water partition coefficient (Wildman–Crippen LogP) is 2.50. The minimum Gasteiger partial charge on any atom is -0.341 e. The van der Waals surface area contributed by atoms with Crippen LogP contribution < -0.4 is 5.56 Å². The maximum Gasteiger partial charge on any atom is 0.275 e. The van der Waals surface area contributed by atoms with Crippen molar-refractivity contribution in [2.45, 2.75) is 39.8 Å². The van der Waals surface area contributed by atoms with Crippen LogP contribution in [0.5, 0.6) is 0 Å². The molecular formula is C21H24N4O2. The van der Waals surface area contributed by atoms with E-state index in [9.17, 15) is 9.59 Å². The van der Waals surface area contributed by atoms with Crippen LogP contribution in [0, 0.1) is 13.8 Å². The smallest absolute Gasteiger partial charge is 0.275 e. The molecule has 0 fully saturated rings. The van der Waals surface area contributed by atoms with Gasteiger partial charge in [-0.05, 0) is 44.5 Å². The second-order valence-corrected chi connectivity index (χ2v) is 6.98. The zero-order chi connectivity index (χ0) is 19.6. The van der Waals surface area contributed by atoms with Gasteiger partial charge in [0.2, 0.25) is 5.91 Å². The normalized spacial score (nSPS) is 12.1. The lowest BCUT2D eigenvalue weighted by molar-refractivity contribution is -0.132. The monoisotopic (exact) mass is 364 g/mol. The maximum absolute atomic E-state index is 12.7. The van der Waals surface area contributed by atoms with Gasteiger partial charge in [0.1, 0.15) is 6.54 Å². The van der Waals surface area contributed by atoms with Gasteiger partial charge in [-0.25, -0.2) is 4.68 Å². The van der Waals surface area contributed by atoms with Gasteiger partial charge in [0.25, 0.3) is 5.56 Å². The van der Waals surface area contributed by atoms with Gasteiger partial charge in [-0.15, -0.1) is 0 Å². The Balaban J connectivity index is 1.77. The third kappa shape index (κ3) is 4.05. The number of benzene rings is 1. The highest BCUT2D eigenvalue weighted by Gasteiger charge is 2.19. The summed E-state index contributed by atoms with van der Waals surface area (Å²) >= 11 is 0. The number of likely N-dealkylation sites (N-methyl/N-ethyl adjacent to an activating group) is 1. The highest BCUT2D eigenvalue weighted by atomic mass is 16.2. The molecule has 0 N–H and O–H groups in total. The van der Waals surface area contributed by atoms with Crippen molar-refractivity contribution in [1.82, 2.24) is 19.7 Å². The average molecular weight is 364 g/mol. The molecule has 0 unspecified atom stereocenters. The number of amides is 1.